The molecule has 2 heterocycles. The molecule has 0 saturated carbocycles. The van der Waals surface area contributed by atoms with Gasteiger partial charge in [0.2, 0.25) is 10.0 Å². The number of fused-ring (bicyclic) bond motifs is 1. The first-order valence-corrected chi connectivity index (χ1v) is 8.29. The molecule has 0 saturated heterocycles. The summed E-state index contributed by atoms with van der Waals surface area (Å²) in [6.07, 6.45) is 0. The van der Waals surface area contributed by atoms with Crippen LogP contribution in [0.1, 0.15) is 24.4 Å². The molecule has 1 aliphatic rings. The molecule has 112 valence electrons. The molecule has 6 heteroatoms. The average Bonchev–Trinajstić information content (AvgIpc) is 2.82. The molecule has 1 unspecified atom stereocenters. The molecule has 0 fully saturated rings. The molecule has 3 rings (SSSR count). The third-order valence-corrected chi connectivity index (χ3v) is 6.04. The Morgan fingerprint density at radius 1 is 1.10 bits per heavy atom. The highest BCUT2D eigenvalue weighted by Gasteiger charge is 2.34. The van der Waals surface area contributed by atoms with Crippen LogP contribution in [0.5, 0.6) is 0 Å². The van der Waals surface area contributed by atoms with Gasteiger partial charge in [0.1, 0.15) is 5.82 Å². The largest absolute Gasteiger partial charge is 0.346 e. The smallest absolute Gasteiger partial charge is 0.243 e. The van der Waals surface area contributed by atoms with Crippen LogP contribution in [0.4, 0.5) is 4.39 Å². The maximum absolute atomic E-state index is 13.0. The third kappa shape index (κ3) is 2.28. The minimum atomic E-state index is -3.61. The lowest BCUT2D eigenvalue weighted by molar-refractivity contribution is 0.280. The topological polar surface area (TPSA) is 42.3 Å². The van der Waals surface area contributed by atoms with Crippen LogP contribution in [0, 0.1) is 12.7 Å². The Balaban J connectivity index is 1.99. The second-order valence-electron chi connectivity index (χ2n) is 5.30. The van der Waals surface area contributed by atoms with E-state index in [0.717, 1.165) is 11.4 Å². The Morgan fingerprint density at radius 2 is 1.76 bits per heavy atom. The van der Waals surface area contributed by atoms with Crippen molar-refractivity contribution >= 4 is 10.0 Å². The first kappa shape index (κ1) is 14.3. The SMILES string of the molecule is Cc1ccc2n1CCN(S(=O)(=O)c1ccc(F)cc1)C2C. The second-order valence-corrected chi connectivity index (χ2v) is 7.19. The predicted octanol–water partition coefficient (Wildman–Crippen LogP) is 2.70. The van der Waals surface area contributed by atoms with E-state index in [9.17, 15) is 12.8 Å². The Morgan fingerprint density at radius 3 is 2.43 bits per heavy atom. The van der Waals surface area contributed by atoms with Gasteiger partial charge in [0.25, 0.3) is 0 Å². The maximum Gasteiger partial charge on any atom is 0.243 e. The lowest BCUT2D eigenvalue weighted by Crippen LogP contribution is -2.40. The highest BCUT2D eigenvalue weighted by Crippen LogP contribution is 2.32. The van der Waals surface area contributed by atoms with Crippen LogP contribution in [0.3, 0.4) is 0 Å². The van der Waals surface area contributed by atoms with E-state index in [2.05, 4.69) is 4.57 Å². The fourth-order valence-electron chi connectivity index (χ4n) is 2.87. The van der Waals surface area contributed by atoms with Crippen molar-refractivity contribution in [2.45, 2.75) is 31.3 Å². The number of benzene rings is 1. The molecule has 1 aliphatic heterocycles. The highest BCUT2D eigenvalue weighted by molar-refractivity contribution is 7.89. The van der Waals surface area contributed by atoms with E-state index in [1.165, 1.54) is 28.6 Å². The number of nitrogens with zero attached hydrogens (tertiary/aromatic N) is 2. The number of halogens is 1. The summed E-state index contributed by atoms with van der Waals surface area (Å²) in [4.78, 5) is 0.132. The van der Waals surface area contributed by atoms with E-state index in [0.29, 0.717) is 13.1 Å². The molecular weight excluding hydrogens is 291 g/mol. The summed E-state index contributed by atoms with van der Waals surface area (Å²) in [5.74, 6) is -0.440. The summed E-state index contributed by atoms with van der Waals surface area (Å²) in [6, 6.07) is 8.71. The summed E-state index contributed by atoms with van der Waals surface area (Å²) < 4.78 is 42.0. The number of hydrogen-bond donors (Lipinski definition) is 0. The maximum atomic E-state index is 13.0. The first-order chi connectivity index (χ1) is 9.91. The number of sulfonamides is 1. The molecule has 0 amide bonds. The average molecular weight is 308 g/mol. The van der Waals surface area contributed by atoms with Gasteiger partial charge in [0, 0.05) is 24.5 Å². The lowest BCUT2D eigenvalue weighted by Gasteiger charge is -2.34. The number of aryl methyl sites for hydroxylation is 1. The number of aromatic nitrogens is 1. The van der Waals surface area contributed by atoms with Gasteiger partial charge in [-0.25, -0.2) is 12.8 Å². The molecule has 1 aromatic carbocycles. The molecule has 2 aromatic rings. The standard InChI is InChI=1S/C15H17FN2O2S/c1-11-3-8-15-12(2)18(10-9-17(11)15)21(19,20)14-6-4-13(16)5-7-14/h3-8,12H,9-10H2,1-2H3. The van der Waals surface area contributed by atoms with E-state index in [-0.39, 0.29) is 10.9 Å². The summed E-state index contributed by atoms with van der Waals surface area (Å²) in [5, 5.41) is 0. The van der Waals surface area contributed by atoms with Gasteiger partial charge in [0.15, 0.2) is 0 Å². The minimum Gasteiger partial charge on any atom is -0.346 e. The van der Waals surface area contributed by atoms with Crippen molar-refractivity contribution < 1.29 is 12.8 Å². The monoisotopic (exact) mass is 308 g/mol. The quantitative estimate of drug-likeness (QED) is 0.856. The minimum absolute atomic E-state index is 0.132. The van der Waals surface area contributed by atoms with Gasteiger partial charge in [-0.05, 0) is 50.2 Å². The first-order valence-electron chi connectivity index (χ1n) is 6.84. The van der Waals surface area contributed by atoms with Crippen molar-refractivity contribution in [3.63, 3.8) is 0 Å². The lowest BCUT2D eigenvalue weighted by atomic mass is 10.2. The molecule has 0 bridgehead atoms. The molecule has 0 N–H and O–H groups in total. The van der Waals surface area contributed by atoms with Crippen LogP contribution in [-0.2, 0) is 16.6 Å². The van der Waals surface area contributed by atoms with Crippen LogP contribution < -0.4 is 0 Å². The fraction of sp³-hybridized carbons (Fsp3) is 0.333. The highest BCUT2D eigenvalue weighted by atomic mass is 32.2. The second kappa shape index (κ2) is 4.96. The van der Waals surface area contributed by atoms with Crippen molar-refractivity contribution in [2.75, 3.05) is 6.54 Å². The van der Waals surface area contributed by atoms with Crippen LogP contribution in [-0.4, -0.2) is 23.8 Å². The van der Waals surface area contributed by atoms with Crippen molar-refractivity contribution in [3.05, 3.63) is 53.6 Å². The van der Waals surface area contributed by atoms with Crippen LogP contribution in [0.2, 0.25) is 0 Å². The predicted molar refractivity (Wildman–Crippen MR) is 77.9 cm³/mol. The van der Waals surface area contributed by atoms with Crippen molar-refractivity contribution in [1.82, 2.24) is 8.87 Å². The van der Waals surface area contributed by atoms with E-state index in [1.54, 1.807) is 0 Å². The van der Waals surface area contributed by atoms with E-state index < -0.39 is 15.8 Å². The molecule has 1 aromatic heterocycles. The van der Waals surface area contributed by atoms with Crippen molar-refractivity contribution in [1.29, 1.82) is 0 Å². The third-order valence-electron chi connectivity index (χ3n) is 4.06. The Kier molecular flexibility index (Phi) is 3.37. The molecular formula is C15H17FN2O2S. The summed E-state index contributed by atoms with van der Waals surface area (Å²) >= 11 is 0. The van der Waals surface area contributed by atoms with Gasteiger partial charge in [-0.1, -0.05) is 0 Å². The molecule has 4 nitrogen and oxygen atoms in total. The number of rotatable bonds is 2. The molecule has 21 heavy (non-hydrogen) atoms. The normalized spacial score (nSPS) is 19.5. The number of hydrogen-bond acceptors (Lipinski definition) is 2. The Labute approximate surface area is 123 Å². The van der Waals surface area contributed by atoms with E-state index >= 15 is 0 Å². The molecule has 0 radical (unpaired) electrons. The van der Waals surface area contributed by atoms with Crippen molar-refractivity contribution in [3.8, 4) is 0 Å². The van der Waals surface area contributed by atoms with Crippen LogP contribution in [0.25, 0.3) is 0 Å². The summed E-state index contributed by atoms with van der Waals surface area (Å²) in [7, 11) is -3.61. The van der Waals surface area contributed by atoms with Gasteiger partial charge >= 0.3 is 0 Å². The van der Waals surface area contributed by atoms with Gasteiger partial charge < -0.3 is 4.57 Å². The molecule has 0 spiro atoms. The van der Waals surface area contributed by atoms with Gasteiger partial charge in [-0.15, -0.1) is 0 Å². The van der Waals surface area contributed by atoms with E-state index in [1.807, 2.05) is 26.0 Å². The summed E-state index contributed by atoms with van der Waals surface area (Å²) in [5.41, 5.74) is 2.13. The molecule has 1 atom stereocenters. The fourth-order valence-corrected chi connectivity index (χ4v) is 4.47. The summed E-state index contributed by atoms with van der Waals surface area (Å²) in [6.45, 7) is 4.95. The van der Waals surface area contributed by atoms with E-state index in [4.69, 9.17) is 0 Å². The van der Waals surface area contributed by atoms with Crippen LogP contribution >= 0.6 is 0 Å². The zero-order valence-corrected chi connectivity index (χ0v) is 12.8. The Bertz CT molecular complexity index is 765. The van der Waals surface area contributed by atoms with Gasteiger partial charge in [0.05, 0.1) is 10.9 Å². The zero-order chi connectivity index (χ0) is 15.2. The molecule has 0 aliphatic carbocycles. The van der Waals surface area contributed by atoms with Gasteiger partial charge in [-0.2, -0.15) is 4.31 Å². The van der Waals surface area contributed by atoms with Gasteiger partial charge in [-0.3, -0.25) is 0 Å². The van der Waals surface area contributed by atoms with Crippen LogP contribution in [0.15, 0.2) is 41.3 Å². The zero-order valence-electron chi connectivity index (χ0n) is 12.0. The van der Waals surface area contributed by atoms with Crippen molar-refractivity contribution in [2.24, 2.45) is 0 Å². The Hall–Kier alpha value is -1.66.